The molecule has 2 amide bonds. The number of hydrogen-bond donors (Lipinski definition) is 2. The first-order chi connectivity index (χ1) is 10.4. The Labute approximate surface area is 126 Å². The van der Waals surface area contributed by atoms with E-state index < -0.39 is 23.4 Å². The largest absolute Gasteiger partial charge is 0.318 e. The third-order valence-electron chi connectivity index (χ3n) is 3.03. The predicted molar refractivity (Wildman–Crippen MR) is 79.5 cm³/mol. The van der Waals surface area contributed by atoms with Gasteiger partial charge >= 0.3 is 11.8 Å². The molecule has 0 atom stereocenters. The summed E-state index contributed by atoms with van der Waals surface area (Å²) in [6.45, 7) is 3.63. The van der Waals surface area contributed by atoms with E-state index in [2.05, 4.69) is 10.6 Å². The SMILES string of the molecule is Cc1ccc(C)c(NC(=O)C(=O)Nc2ccc(F)cc2F)c1. The summed E-state index contributed by atoms with van der Waals surface area (Å²) in [5.41, 5.74) is 1.95. The van der Waals surface area contributed by atoms with Crippen molar-refractivity contribution in [2.24, 2.45) is 0 Å². The minimum absolute atomic E-state index is 0.262. The molecular formula is C16H14F2N2O2. The van der Waals surface area contributed by atoms with Gasteiger partial charge in [-0.05, 0) is 43.2 Å². The summed E-state index contributed by atoms with van der Waals surface area (Å²) in [5, 5.41) is 4.55. The van der Waals surface area contributed by atoms with Crippen LogP contribution in [0.4, 0.5) is 20.2 Å². The van der Waals surface area contributed by atoms with Crippen molar-refractivity contribution in [1.82, 2.24) is 0 Å². The van der Waals surface area contributed by atoms with Crippen molar-refractivity contribution in [3.05, 3.63) is 59.2 Å². The van der Waals surface area contributed by atoms with E-state index in [4.69, 9.17) is 0 Å². The molecule has 4 nitrogen and oxygen atoms in total. The fourth-order valence-electron chi connectivity index (χ4n) is 1.82. The minimum atomic E-state index is -1.04. The Morgan fingerprint density at radius 2 is 1.50 bits per heavy atom. The van der Waals surface area contributed by atoms with Crippen LogP contribution in [0, 0.1) is 25.5 Å². The highest BCUT2D eigenvalue weighted by molar-refractivity contribution is 6.43. The van der Waals surface area contributed by atoms with Crippen molar-refractivity contribution in [1.29, 1.82) is 0 Å². The molecule has 0 radical (unpaired) electrons. The number of benzene rings is 2. The van der Waals surface area contributed by atoms with Crippen LogP contribution in [0.3, 0.4) is 0 Å². The molecule has 6 heteroatoms. The van der Waals surface area contributed by atoms with Crippen molar-refractivity contribution < 1.29 is 18.4 Å². The van der Waals surface area contributed by atoms with Gasteiger partial charge in [-0.15, -0.1) is 0 Å². The van der Waals surface area contributed by atoms with Crippen LogP contribution in [-0.4, -0.2) is 11.8 Å². The Balaban J connectivity index is 2.09. The fourth-order valence-corrected chi connectivity index (χ4v) is 1.82. The number of carbonyl (C=O) groups is 2. The lowest BCUT2D eigenvalue weighted by molar-refractivity contribution is -0.133. The van der Waals surface area contributed by atoms with Gasteiger partial charge in [0.2, 0.25) is 0 Å². The van der Waals surface area contributed by atoms with Crippen LogP contribution in [0.15, 0.2) is 36.4 Å². The third kappa shape index (κ3) is 3.66. The normalized spacial score (nSPS) is 10.2. The number of aryl methyl sites for hydroxylation is 2. The third-order valence-corrected chi connectivity index (χ3v) is 3.03. The number of amides is 2. The van der Waals surface area contributed by atoms with Gasteiger partial charge in [0, 0.05) is 11.8 Å². The number of halogens is 2. The lowest BCUT2D eigenvalue weighted by Gasteiger charge is -2.10. The molecular weight excluding hydrogens is 290 g/mol. The van der Waals surface area contributed by atoms with Gasteiger partial charge in [0.15, 0.2) is 0 Å². The summed E-state index contributed by atoms with van der Waals surface area (Å²) in [6.07, 6.45) is 0. The molecule has 2 aromatic rings. The second kappa shape index (κ2) is 6.34. The van der Waals surface area contributed by atoms with Crippen LogP contribution in [0.1, 0.15) is 11.1 Å². The average molecular weight is 304 g/mol. The van der Waals surface area contributed by atoms with Gasteiger partial charge in [-0.2, -0.15) is 0 Å². The van der Waals surface area contributed by atoms with E-state index in [-0.39, 0.29) is 5.69 Å². The first-order valence-corrected chi connectivity index (χ1v) is 6.51. The first kappa shape index (κ1) is 15.6. The standard InChI is InChI=1S/C16H14F2N2O2/c1-9-3-4-10(2)14(7-9)20-16(22)15(21)19-13-6-5-11(17)8-12(13)18/h3-8H,1-2H3,(H,19,21)(H,20,22). The lowest BCUT2D eigenvalue weighted by atomic mass is 10.1. The molecule has 0 heterocycles. The topological polar surface area (TPSA) is 58.2 Å². The number of rotatable bonds is 2. The Morgan fingerprint density at radius 1 is 0.864 bits per heavy atom. The van der Waals surface area contributed by atoms with E-state index in [9.17, 15) is 18.4 Å². The van der Waals surface area contributed by atoms with Gasteiger partial charge in [-0.25, -0.2) is 8.78 Å². The average Bonchev–Trinajstić information content (AvgIpc) is 2.45. The smallest absolute Gasteiger partial charge is 0.314 e. The molecule has 0 aliphatic carbocycles. The Hall–Kier alpha value is -2.76. The summed E-state index contributed by atoms with van der Waals surface area (Å²) >= 11 is 0. The van der Waals surface area contributed by atoms with Crippen molar-refractivity contribution in [3.63, 3.8) is 0 Å². The Kier molecular flexibility index (Phi) is 4.50. The van der Waals surface area contributed by atoms with Crippen molar-refractivity contribution >= 4 is 23.2 Å². The van der Waals surface area contributed by atoms with Gasteiger partial charge in [0.05, 0.1) is 5.69 Å². The number of hydrogen-bond acceptors (Lipinski definition) is 2. The molecule has 0 spiro atoms. The second-order valence-corrected chi connectivity index (χ2v) is 4.85. The van der Waals surface area contributed by atoms with Gasteiger partial charge < -0.3 is 10.6 Å². The lowest BCUT2D eigenvalue weighted by Crippen LogP contribution is -2.29. The van der Waals surface area contributed by atoms with E-state index in [1.165, 1.54) is 0 Å². The molecule has 0 aliphatic rings. The van der Waals surface area contributed by atoms with Crippen LogP contribution < -0.4 is 10.6 Å². The molecule has 0 aromatic heterocycles. The zero-order chi connectivity index (χ0) is 16.3. The van der Waals surface area contributed by atoms with Crippen molar-refractivity contribution in [2.75, 3.05) is 10.6 Å². The molecule has 114 valence electrons. The van der Waals surface area contributed by atoms with E-state index >= 15 is 0 Å². The summed E-state index contributed by atoms with van der Waals surface area (Å²) in [7, 11) is 0. The van der Waals surface area contributed by atoms with Crippen LogP contribution in [0.5, 0.6) is 0 Å². The maximum atomic E-state index is 13.4. The van der Waals surface area contributed by atoms with Gasteiger partial charge in [-0.1, -0.05) is 12.1 Å². The summed E-state index contributed by atoms with van der Waals surface area (Å²) < 4.78 is 26.2. The van der Waals surface area contributed by atoms with Crippen LogP contribution in [0.25, 0.3) is 0 Å². The molecule has 0 bridgehead atoms. The summed E-state index contributed by atoms with van der Waals surface area (Å²) in [4.78, 5) is 23.6. The van der Waals surface area contributed by atoms with Crippen LogP contribution in [0.2, 0.25) is 0 Å². The zero-order valence-electron chi connectivity index (χ0n) is 12.0. The van der Waals surface area contributed by atoms with Gasteiger partial charge in [0.25, 0.3) is 0 Å². The number of carbonyl (C=O) groups excluding carboxylic acids is 2. The molecule has 2 N–H and O–H groups in total. The minimum Gasteiger partial charge on any atom is -0.318 e. The molecule has 0 saturated heterocycles. The highest BCUT2D eigenvalue weighted by atomic mass is 19.1. The Morgan fingerprint density at radius 3 is 2.14 bits per heavy atom. The summed E-state index contributed by atoms with van der Waals surface area (Å²) in [5.74, 6) is -3.69. The molecule has 2 rings (SSSR count). The van der Waals surface area contributed by atoms with Gasteiger partial charge in [-0.3, -0.25) is 9.59 Å². The molecule has 0 saturated carbocycles. The molecule has 0 aliphatic heterocycles. The maximum Gasteiger partial charge on any atom is 0.314 e. The molecule has 22 heavy (non-hydrogen) atoms. The van der Waals surface area contributed by atoms with E-state index in [1.54, 1.807) is 13.0 Å². The number of nitrogens with one attached hydrogen (secondary N) is 2. The van der Waals surface area contributed by atoms with E-state index in [0.717, 1.165) is 23.3 Å². The van der Waals surface area contributed by atoms with Crippen molar-refractivity contribution in [3.8, 4) is 0 Å². The quantitative estimate of drug-likeness (QED) is 0.837. The van der Waals surface area contributed by atoms with Gasteiger partial charge in [0.1, 0.15) is 11.6 Å². The van der Waals surface area contributed by atoms with Crippen LogP contribution >= 0.6 is 0 Å². The molecule has 0 unspecified atom stereocenters. The molecule has 2 aromatic carbocycles. The van der Waals surface area contributed by atoms with E-state index in [1.807, 2.05) is 19.1 Å². The first-order valence-electron chi connectivity index (χ1n) is 6.51. The van der Waals surface area contributed by atoms with E-state index in [0.29, 0.717) is 11.8 Å². The van der Waals surface area contributed by atoms with Crippen molar-refractivity contribution in [2.45, 2.75) is 13.8 Å². The zero-order valence-corrected chi connectivity index (χ0v) is 12.0. The monoisotopic (exact) mass is 304 g/mol. The fraction of sp³-hybridized carbons (Fsp3) is 0.125. The maximum absolute atomic E-state index is 13.4. The predicted octanol–water partition coefficient (Wildman–Crippen LogP) is 3.16. The second-order valence-electron chi connectivity index (χ2n) is 4.85. The van der Waals surface area contributed by atoms with Crippen LogP contribution in [-0.2, 0) is 9.59 Å². The molecule has 0 fully saturated rings. The summed E-state index contributed by atoms with van der Waals surface area (Å²) in [6, 6.07) is 8.06. The highest BCUT2D eigenvalue weighted by Crippen LogP contribution is 2.17. The Bertz CT molecular complexity index is 745. The highest BCUT2D eigenvalue weighted by Gasteiger charge is 2.17. The number of anilines is 2.